The first-order chi connectivity index (χ1) is 16.0. The molecule has 0 radical (unpaired) electrons. The summed E-state index contributed by atoms with van der Waals surface area (Å²) >= 11 is 0. The Bertz CT molecular complexity index is 1090. The number of rotatable bonds is 11. The van der Waals surface area contributed by atoms with Crippen LogP contribution in [-0.4, -0.2) is 53.6 Å². The molecule has 2 aromatic carbocycles. The van der Waals surface area contributed by atoms with E-state index in [0.717, 1.165) is 5.56 Å². The van der Waals surface area contributed by atoms with Crippen LogP contribution in [0.4, 0.5) is 4.79 Å². The summed E-state index contributed by atoms with van der Waals surface area (Å²) in [6.45, 7) is 0.692. The number of benzene rings is 2. The molecule has 0 aromatic heterocycles. The zero-order chi connectivity index (χ0) is 25.2. The van der Waals surface area contributed by atoms with Gasteiger partial charge in [-0.25, -0.2) is 13.2 Å². The number of alkyl carbamates (subject to hydrolysis) is 1. The number of aliphatic hydroxyl groups is 1. The average Bonchev–Trinajstić information content (AvgIpc) is 2.80. The molecule has 1 unspecified atom stereocenters. The smallest absolute Gasteiger partial charge is 0.744 e. The van der Waals surface area contributed by atoms with E-state index in [1.807, 2.05) is 6.07 Å². The zero-order valence-electron chi connectivity index (χ0n) is 19.4. The van der Waals surface area contributed by atoms with Crippen LogP contribution in [0.2, 0.25) is 0 Å². The molecule has 0 saturated carbocycles. The van der Waals surface area contributed by atoms with Crippen LogP contribution < -0.4 is 45.5 Å². The first-order valence-corrected chi connectivity index (χ1v) is 11.7. The maximum Gasteiger partial charge on any atom is 1.00 e. The van der Waals surface area contributed by atoms with Crippen molar-refractivity contribution in [3.05, 3.63) is 71.8 Å². The Labute approximate surface area is 225 Å². The summed E-state index contributed by atoms with van der Waals surface area (Å²) in [6, 6.07) is 16.0. The summed E-state index contributed by atoms with van der Waals surface area (Å²) in [5.74, 6) is -1.88. The first-order valence-electron chi connectivity index (χ1n) is 10.3. The standard InChI is InChI=1S/C22H27N3O8S.Na/c1-16(24-19(26)14-23-21(28)33-15-18-10-6-3-7-11-18)20(27)25-22(29,34(30,31)32)13-12-17-8-4-2-5-9-17;/h2-11,16,29H,12-15H2,1H3,(H,23,28)(H,24,26)(H,25,27)(H,30,31,32);/q;+1/p-1/t16-,22?;/m0./s1. The molecule has 3 amide bonds. The van der Waals surface area contributed by atoms with Crippen LogP contribution in [-0.2, 0) is 37.5 Å². The average molecular weight is 516 g/mol. The summed E-state index contributed by atoms with van der Waals surface area (Å²) in [5, 5.41) is 13.5. The van der Waals surface area contributed by atoms with Crippen molar-refractivity contribution in [1.29, 1.82) is 0 Å². The van der Waals surface area contributed by atoms with Gasteiger partial charge in [-0.2, -0.15) is 0 Å². The van der Waals surface area contributed by atoms with Gasteiger partial charge in [0.2, 0.25) is 16.9 Å². The third-order valence-corrected chi connectivity index (χ3v) is 5.84. The van der Waals surface area contributed by atoms with Crippen LogP contribution in [0.1, 0.15) is 24.5 Å². The molecular formula is C22H26N3NaO8S. The van der Waals surface area contributed by atoms with E-state index in [2.05, 4.69) is 10.6 Å². The fourth-order valence-corrected chi connectivity index (χ4v) is 3.37. The normalized spacial score (nSPS) is 13.3. The number of carbonyl (C=O) groups is 3. The summed E-state index contributed by atoms with van der Waals surface area (Å²) < 4.78 is 39.8. The fourth-order valence-electron chi connectivity index (χ4n) is 2.79. The third-order valence-electron chi connectivity index (χ3n) is 4.70. The van der Waals surface area contributed by atoms with Crippen molar-refractivity contribution in [2.24, 2.45) is 0 Å². The van der Waals surface area contributed by atoms with Crippen LogP contribution in [0.5, 0.6) is 0 Å². The maximum atomic E-state index is 12.3. The first kappa shape index (κ1) is 30.6. The van der Waals surface area contributed by atoms with Crippen molar-refractivity contribution in [3.8, 4) is 0 Å². The summed E-state index contributed by atoms with van der Waals surface area (Å²) in [4.78, 5) is 36.1. The number of amides is 3. The molecule has 2 atom stereocenters. The second-order valence-corrected chi connectivity index (χ2v) is 9.00. The van der Waals surface area contributed by atoms with Gasteiger partial charge in [0.1, 0.15) is 29.3 Å². The van der Waals surface area contributed by atoms with Gasteiger partial charge in [-0.1, -0.05) is 60.7 Å². The topological polar surface area (TPSA) is 174 Å². The number of hydrogen-bond acceptors (Lipinski definition) is 8. The van der Waals surface area contributed by atoms with Gasteiger partial charge in [0.25, 0.3) is 0 Å². The SMILES string of the molecule is C[C@H](NC(=O)CNC(=O)OCc1ccccc1)C(=O)NC(O)(CCc1ccccc1)S(=O)(=O)[O-].[Na+]. The van der Waals surface area contributed by atoms with Crippen molar-refractivity contribution in [3.63, 3.8) is 0 Å². The molecule has 0 spiro atoms. The van der Waals surface area contributed by atoms with Crippen LogP contribution in [0.3, 0.4) is 0 Å². The van der Waals surface area contributed by atoms with Gasteiger partial charge in [0.05, 0.1) is 0 Å². The summed E-state index contributed by atoms with van der Waals surface area (Å²) in [7, 11) is -5.36. The van der Waals surface area contributed by atoms with E-state index in [0.29, 0.717) is 5.56 Å². The third kappa shape index (κ3) is 10.3. The summed E-state index contributed by atoms with van der Waals surface area (Å²) in [5.41, 5.74) is 1.39. The van der Waals surface area contributed by atoms with E-state index in [9.17, 15) is 32.5 Å². The molecule has 0 aliphatic rings. The van der Waals surface area contributed by atoms with Crippen LogP contribution in [0, 0.1) is 0 Å². The molecule has 35 heavy (non-hydrogen) atoms. The van der Waals surface area contributed by atoms with E-state index in [4.69, 9.17) is 4.74 Å². The van der Waals surface area contributed by atoms with E-state index in [1.54, 1.807) is 59.9 Å². The number of carbonyl (C=O) groups excluding carboxylic acids is 3. The molecule has 13 heteroatoms. The van der Waals surface area contributed by atoms with E-state index < -0.39 is 52.1 Å². The monoisotopic (exact) mass is 515 g/mol. The summed E-state index contributed by atoms with van der Waals surface area (Å²) in [6.07, 6.45) is -1.46. The van der Waals surface area contributed by atoms with Crippen molar-refractivity contribution in [2.45, 2.75) is 37.5 Å². The molecule has 0 heterocycles. The van der Waals surface area contributed by atoms with Crippen molar-refractivity contribution in [1.82, 2.24) is 16.0 Å². The number of aryl methyl sites for hydroxylation is 1. The predicted molar refractivity (Wildman–Crippen MR) is 120 cm³/mol. The van der Waals surface area contributed by atoms with Gasteiger partial charge in [0, 0.05) is 6.42 Å². The molecule has 0 fully saturated rings. The maximum absolute atomic E-state index is 12.3. The fraction of sp³-hybridized carbons (Fsp3) is 0.318. The largest absolute Gasteiger partial charge is 1.00 e. The van der Waals surface area contributed by atoms with Crippen molar-refractivity contribution >= 4 is 28.0 Å². The minimum atomic E-state index is -5.36. The molecular weight excluding hydrogens is 489 g/mol. The minimum absolute atomic E-state index is 0. The van der Waals surface area contributed by atoms with Gasteiger partial charge in [-0.15, -0.1) is 0 Å². The predicted octanol–water partition coefficient (Wildman–Crippen LogP) is -2.64. The minimum Gasteiger partial charge on any atom is -0.744 e. The molecule has 2 aromatic rings. The second kappa shape index (κ2) is 14.2. The van der Waals surface area contributed by atoms with Gasteiger partial charge in [0.15, 0.2) is 0 Å². The Morgan fingerprint density at radius 1 is 1.03 bits per heavy atom. The van der Waals surface area contributed by atoms with Crippen molar-refractivity contribution < 1.29 is 66.8 Å². The molecule has 4 N–H and O–H groups in total. The molecule has 0 bridgehead atoms. The molecule has 0 aliphatic heterocycles. The number of hydrogen-bond donors (Lipinski definition) is 4. The molecule has 0 aliphatic carbocycles. The van der Waals surface area contributed by atoms with E-state index in [-0.39, 0.29) is 42.6 Å². The molecule has 2 rings (SSSR count). The van der Waals surface area contributed by atoms with Crippen LogP contribution in [0.25, 0.3) is 0 Å². The Morgan fingerprint density at radius 2 is 1.57 bits per heavy atom. The zero-order valence-corrected chi connectivity index (χ0v) is 22.2. The van der Waals surface area contributed by atoms with Gasteiger partial charge in [-0.3, -0.25) is 9.59 Å². The Balaban J connectivity index is 0.00000612. The molecule has 11 nitrogen and oxygen atoms in total. The molecule has 0 saturated heterocycles. The Kier molecular flexibility index (Phi) is 12.4. The second-order valence-electron chi connectivity index (χ2n) is 7.42. The number of nitrogens with one attached hydrogen (secondary N) is 3. The van der Waals surface area contributed by atoms with Gasteiger partial charge < -0.3 is 30.3 Å². The van der Waals surface area contributed by atoms with Crippen molar-refractivity contribution in [2.75, 3.05) is 6.54 Å². The van der Waals surface area contributed by atoms with Crippen LogP contribution in [0.15, 0.2) is 60.7 Å². The molecule has 184 valence electrons. The van der Waals surface area contributed by atoms with E-state index >= 15 is 0 Å². The Morgan fingerprint density at radius 3 is 2.11 bits per heavy atom. The van der Waals surface area contributed by atoms with Gasteiger partial charge >= 0.3 is 35.7 Å². The van der Waals surface area contributed by atoms with Gasteiger partial charge in [-0.05, 0) is 24.5 Å². The number of ether oxygens (including phenoxy) is 1. The Hall–Kier alpha value is -2.48. The van der Waals surface area contributed by atoms with E-state index in [1.165, 1.54) is 6.92 Å². The quantitative estimate of drug-likeness (QED) is 0.143. The van der Waals surface area contributed by atoms with Crippen LogP contribution >= 0.6 is 0 Å².